The van der Waals surface area contributed by atoms with Gasteiger partial charge in [0, 0.05) is 26.2 Å². The van der Waals surface area contributed by atoms with Gasteiger partial charge in [0.15, 0.2) is 0 Å². The number of carbonyl (C=O) groups is 1. The number of ether oxygens (including phenoxy) is 1. The number of benzene rings is 1. The molecule has 1 aromatic carbocycles. The summed E-state index contributed by atoms with van der Waals surface area (Å²) >= 11 is 0. The Kier molecular flexibility index (Phi) is 6.29. The Hall–Kier alpha value is -1.39. The molecule has 0 bridgehead atoms. The van der Waals surface area contributed by atoms with Crippen molar-refractivity contribution in [2.75, 3.05) is 26.3 Å². The van der Waals surface area contributed by atoms with E-state index < -0.39 is 0 Å². The van der Waals surface area contributed by atoms with E-state index in [0.717, 1.165) is 5.56 Å². The number of hydrogen-bond acceptors (Lipinski definition) is 3. The maximum absolute atomic E-state index is 11.8. The van der Waals surface area contributed by atoms with Gasteiger partial charge >= 0.3 is 0 Å². The van der Waals surface area contributed by atoms with E-state index in [4.69, 9.17) is 10.5 Å². The molecule has 0 aliphatic heterocycles. The van der Waals surface area contributed by atoms with Crippen molar-refractivity contribution in [1.29, 1.82) is 0 Å². The van der Waals surface area contributed by atoms with Gasteiger partial charge in [0.1, 0.15) is 6.61 Å². The van der Waals surface area contributed by atoms with Crippen LogP contribution in [0.4, 0.5) is 0 Å². The molecule has 17 heavy (non-hydrogen) atoms. The molecule has 0 aromatic heterocycles. The van der Waals surface area contributed by atoms with Crippen LogP contribution in [0.15, 0.2) is 30.3 Å². The van der Waals surface area contributed by atoms with E-state index in [2.05, 4.69) is 0 Å². The predicted octanol–water partition coefficient (Wildman–Crippen LogP) is 1.01. The van der Waals surface area contributed by atoms with E-state index in [-0.39, 0.29) is 12.5 Å². The molecular weight excluding hydrogens is 216 g/mol. The lowest BCUT2D eigenvalue weighted by molar-refractivity contribution is -0.136. The minimum atomic E-state index is -0.0128. The third-order valence-electron chi connectivity index (χ3n) is 2.40. The predicted molar refractivity (Wildman–Crippen MR) is 67.4 cm³/mol. The van der Waals surface area contributed by atoms with Crippen LogP contribution in [0, 0.1) is 0 Å². The largest absolute Gasteiger partial charge is 0.372 e. The zero-order chi connectivity index (χ0) is 12.5. The van der Waals surface area contributed by atoms with Crippen LogP contribution in [0.3, 0.4) is 0 Å². The van der Waals surface area contributed by atoms with Crippen molar-refractivity contribution in [2.24, 2.45) is 5.73 Å². The van der Waals surface area contributed by atoms with Crippen molar-refractivity contribution >= 4 is 5.91 Å². The smallest absolute Gasteiger partial charge is 0.248 e. The van der Waals surface area contributed by atoms with E-state index in [1.165, 1.54) is 0 Å². The van der Waals surface area contributed by atoms with Crippen LogP contribution in [-0.4, -0.2) is 37.1 Å². The highest BCUT2D eigenvalue weighted by molar-refractivity contribution is 5.77. The minimum absolute atomic E-state index is 0.0128. The van der Waals surface area contributed by atoms with Gasteiger partial charge in [0.05, 0.1) is 0 Å². The van der Waals surface area contributed by atoms with Crippen molar-refractivity contribution < 1.29 is 9.53 Å². The van der Waals surface area contributed by atoms with E-state index >= 15 is 0 Å². The fourth-order valence-corrected chi connectivity index (χ4v) is 1.53. The third-order valence-corrected chi connectivity index (χ3v) is 2.40. The molecule has 0 aliphatic rings. The molecule has 1 amide bonds. The summed E-state index contributed by atoms with van der Waals surface area (Å²) in [6.45, 7) is 4.16. The quantitative estimate of drug-likeness (QED) is 0.768. The first-order valence-corrected chi connectivity index (χ1v) is 5.87. The molecule has 0 saturated heterocycles. The zero-order valence-electron chi connectivity index (χ0n) is 10.3. The second kappa shape index (κ2) is 7.81. The first-order valence-electron chi connectivity index (χ1n) is 5.87. The topological polar surface area (TPSA) is 55.6 Å². The lowest BCUT2D eigenvalue weighted by Crippen LogP contribution is -2.37. The first-order chi connectivity index (χ1) is 8.27. The van der Waals surface area contributed by atoms with Crippen LogP contribution in [0.1, 0.15) is 12.5 Å². The highest BCUT2D eigenvalue weighted by atomic mass is 16.5. The summed E-state index contributed by atoms with van der Waals surface area (Å²) < 4.78 is 5.13. The lowest BCUT2D eigenvalue weighted by atomic mass is 10.2. The van der Waals surface area contributed by atoms with E-state index in [1.54, 1.807) is 4.90 Å². The number of amides is 1. The Balaban J connectivity index is 2.56. The van der Waals surface area contributed by atoms with Gasteiger partial charge in [-0.3, -0.25) is 4.79 Å². The highest BCUT2D eigenvalue weighted by Crippen LogP contribution is 2.04. The molecule has 1 rings (SSSR count). The molecule has 0 radical (unpaired) electrons. The monoisotopic (exact) mass is 236 g/mol. The molecule has 0 spiro atoms. The second-order valence-corrected chi connectivity index (χ2v) is 3.73. The van der Waals surface area contributed by atoms with Gasteiger partial charge in [0.25, 0.3) is 0 Å². The molecule has 4 heteroatoms. The Labute approximate surface area is 102 Å². The number of nitrogens with zero attached hydrogens (tertiary/aromatic N) is 1. The number of rotatable bonds is 7. The van der Waals surface area contributed by atoms with Crippen LogP contribution in [-0.2, 0) is 16.1 Å². The van der Waals surface area contributed by atoms with Crippen molar-refractivity contribution in [3.05, 3.63) is 35.9 Å². The summed E-state index contributed by atoms with van der Waals surface area (Å²) in [4.78, 5) is 13.6. The molecule has 94 valence electrons. The van der Waals surface area contributed by atoms with Crippen LogP contribution in [0.25, 0.3) is 0 Å². The van der Waals surface area contributed by atoms with Crippen LogP contribution in [0.5, 0.6) is 0 Å². The lowest BCUT2D eigenvalue weighted by Gasteiger charge is -2.22. The SMILES string of the molecule is CCOCC(=O)N(CCN)Cc1ccccc1. The molecule has 4 nitrogen and oxygen atoms in total. The summed E-state index contributed by atoms with van der Waals surface area (Å²) in [5.74, 6) is -0.0128. The Morgan fingerprint density at radius 2 is 2.06 bits per heavy atom. The summed E-state index contributed by atoms with van der Waals surface area (Å²) in [6, 6.07) is 9.87. The van der Waals surface area contributed by atoms with Crippen LogP contribution >= 0.6 is 0 Å². The average molecular weight is 236 g/mol. The van der Waals surface area contributed by atoms with Crippen molar-refractivity contribution in [1.82, 2.24) is 4.90 Å². The molecule has 0 heterocycles. The van der Waals surface area contributed by atoms with E-state index in [1.807, 2.05) is 37.3 Å². The molecular formula is C13H20N2O2. The molecule has 1 aromatic rings. The maximum atomic E-state index is 11.8. The van der Waals surface area contributed by atoms with Crippen LogP contribution in [0.2, 0.25) is 0 Å². The summed E-state index contributed by atoms with van der Waals surface area (Å²) in [7, 11) is 0. The Morgan fingerprint density at radius 3 is 2.65 bits per heavy atom. The average Bonchev–Trinajstić information content (AvgIpc) is 2.36. The fourth-order valence-electron chi connectivity index (χ4n) is 1.53. The van der Waals surface area contributed by atoms with Gasteiger partial charge in [-0.2, -0.15) is 0 Å². The van der Waals surface area contributed by atoms with E-state index in [0.29, 0.717) is 26.2 Å². The fraction of sp³-hybridized carbons (Fsp3) is 0.462. The number of nitrogens with two attached hydrogens (primary N) is 1. The van der Waals surface area contributed by atoms with Gasteiger partial charge in [-0.15, -0.1) is 0 Å². The summed E-state index contributed by atoms with van der Waals surface area (Å²) in [5.41, 5.74) is 6.62. The molecule has 0 saturated carbocycles. The van der Waals surface area contributed by atoms with Gasteiger partial charge in [-0.25, -0.2) is 0 Å². The van der Waals surface area contributed by atoms with Gasteiger partial charge in [0.2, 0.25) is 5.91 Å². The van der Waals surface area contributed by atoms with Gasteiger partial charge in [-0.05, 0) is 12.5 Å². The Bertz CT molecular complexity index is 327. The molecule has 0 atom stereocenters. The second-order valence-electron chi connectivity index (χ2n) is 3.73. The number of carbonyl (C=O) groups excluding carboxylic acids is 1. The van der Waals surface area contributed by atoms with Crippen LogP contribution < -0.4 is 5.73 Å². The summed E-state index contributed by atoms with van der Waals surface area (Å²) in [5, 5.41) is 0. The Morgan fingerprint density at radius 1 is 1.35 bits per heavy atom. The normalized spacial score (nSPS) is 10.2. The third kappa shape index (κ3) is 4.97. The van der Waals surface area contributed by atoms with Gasteiger partial charge < -0.3 is 15.4 Å². The molecule has 0 aliphatic carbocycles. The zero-order valence-corrected chi connectivity index (χ0v) is 10.3. The first kappa shape index (κ1) is 13.7. The van der Waals surface area contributed by atoms with Crippen molar-refractivity contribution in [2.45, 2.75) is 13.5 Å². The summed E-state index contributed by atoms with van der Waals surface area (Å²) in [6.07, 6.45) is 0. The van der Waals surface area contributed by atoms with Crippen molar-refractivity contribution in [3.63, 3.8) is 0 Å². The van der Waals surface area contributed by atoms with Crippen molar-refractivity contribution in [3.8, 4) is 0 Å². The molecule has 0 unspecified atom stereocenters. The van der Waals surface area contributed by atoms with Gasteiger partial charge in [-0.1, -0.05) is 30.3 Å². The standard InChI is InChI=1S/C13H20N2O2/c1-2-17-11-13(16)15(9-8-14)10-12-6-4-3-5-7-12/h3-7H,2,8-11,14H2,1H3. The minimum Gasteiger partial charge on any atom is -0.372 e. The van der Waals surface area contributed by atoms with E-state index in [9.17, 15) is 4.79 Å². The highest BCUT2D eigenvalue weighted by Gasteiger charge is 2.12. The molecule has 2 N–H and O–H groups in total. The molecule has 0 fully saturated rings. The maximum Gasteiger partial charge on any atom is 0.248 e. The number of hydrogen-bond donors (Lipinski definition) is 1.